The summed E-state index contributed by atoms with van der Waals surface area (Å²) in [4.78, 5) is 28.0. The zero-order valence-electron chi connectivity index (χ0n) is 16.7. The summed E-state index contributed by atoms with van der Waals surface area (Å²) in [7, 11) is 1.54. The van der Waals surface area contributed by atoms with Crippen molar-refractivity contribution in [2.75, 3.05) is 12.4 Å². The predicted molar refractivity (Wildman–Crippen MR) is 108 cm³/mol. The number of aromatic hydroxyl groups is 1. The Morgan fingerprint density at radius 1 is 1.41 bits per heavy atom. The second-order valence-electron chi connectivity index (χ2n) is 6.96. The molecule has 1 aliphatic heterocycles. The number of phenols is 1. The number of carbonyl (C=O) groups excluding carboxylic acids is 2. The first kappa shape index (κ1) is 20.4. The molecule has 7 heteroatoms. The Kier molecular flexibility index (Phi) is 6.16. The fourth-order valence-electron chi connectivity index (χ4n) is 3.38. The topological polar surface area (TPSA) is 97.8 Å². The molecule has 0 saturated heterocycles. The van der Waals surface area contributed by atoms with Crippen molar-refractivity contribution in [3.63, 3.8) is 0 Å². The highest BCUT2D eigenvalue weighted by atomic mass is 16.5. The number of hydrogen-bond donors (Lipinski definition) is 2. The molecule has 2 heterocycles. The van der Waals surface area contributed by atoms with E-state index in [1.54, 1.807) is 24.5 Å². The number of amides is 1. The van der Waals surface area contributed by atoms with E-state index in [0.717, 1.165) is 11.1 Å². The number of nitrogens with zero attached hydrogens (tertiary/aromatic N) is 1. The van der Waals surface area contributed by atoms with Gasteiger partial charge in [0, 0.05) is 23.7 Å². The number of rotatable bonds is 7. The second kappa shape index (κ2) is 8.77. The third-order valence-electron chi connectivity index (χ3n) is 4.99. The number of aromatic nitrogens is 1. The number of fused-ring (bicyclic) bond motifs is 1. The minimum absolute atomic E-state index is 0.0941. The van der Waals surface area contributed by atoms with E-state index in [9.17, 15) is 14.7 Å². The van der Waals surface area contributed by atoms with Gasteiger partial charge in [-0.05, 0) is 44.4 Å². The molecule has 0 saturated carbocycles. The number of hydrogen-bond acceptors (Lipinski definition) is 6. The van der Waals surface area contributed by atoms with Gasteiger partial charge in [-0.1, -0.05) is 11.6 Å². The minimum Gasteiger partial charge on any atom is -0.507 e. The lowest BCUT2D eigenvalue weighted by Crippen LogP contribution is -2.11. The number of anilines is 1. The van der Waals surface area contributed by atoms with Gasteiger partial charge in [0.1, 0.15) is 23.7 Å². The molecular weight excluding hydrogens is 372 g/mol. The van der Waals surface area contributed by atoms with Crippen LogP contribution in [0.5, 0.6) is 11.5 Å². The molecule has 1 aliphatic rings. The van der Waals surface area contributed by atoms with Crippen molar-refractivity contribution < 1.29 is 24.2 Å². The van der Waals surface area contributed by atoms with Gasteiger partial charge < -0.3 is 19.9 Å². The maximum Gasteiger partial charge on any atom is 0.342 e. The summed E-state index contributed by atoms with van der Waals surface area (Å²) in [5.74, 6) is -0.152. The van der Waals surface area contributed by atoms with Gasteiger partial charge in [-0.3, -0.25) is 9.78 Å². The molecule has 7 nitrogen and oxygen atoms in total. The smallest absolute Gasteiger partial charge is 0.342 e. The number of carbonyl (C=O) groups is 2. The Bertz CT molecular complexity index is 967. The molecule has 0 spiro atoms. The molecule has 152 valence electrons. The lowest BCUT2D eigenvalue weighted by Gasteiger charge is -2.15. The van der Waals surface area contributed by atoms with E-state index in [1.165, 1.54) is 7.11 Å². The van der Waals surface area contributed by atoms with Crippen LogP contribution < -0.4 is 10.1 Å². The van der Waals surface area contributed by atoms with Gasteiger partial charge in [0.15, 0.2) is 0 Å². The largest absolute Gasteiger partial charge is 0.507 e. The molecule has 29 heavy (non-hydrogen) atoms. The maximum atomic E-state index is 12.1. The summed E-state index contributed by atoms with van der Waals surface area (Å²) in [5, 5.41) is 13.4. The van der Waals surface area contributed by atoms with Crippen LogP contribution in [0.2, 0.25) is 0 Å². The molecular formula is C22H24N2O5. The van der Waals surface area contributed by atoms with Crippen LogP contribution in [-0.2, 0) is 22.6 Å². The van der Waals surface area contributed by atoms with E-state index >= 15 is 0 Å². The summed E-state index contributed by atoms with van der Waals surface area (Å²) in [6, 6.07) is 3.54. The van der Waals surface area contributed by atoms with Crippen LogP contribution in [0.4, 0.5) is 5.69 Å². The summed E-state index contributed by atoms with van der Waals surface area (Å²) in [6.45, 7) is 3.92. The van der Waals surface area contributed by atoms with Gasteiger partial charge in [-0.2, -0.15) is 0 Å². The molecule has 2 aromatic rings. The molecule has 0 radical (unpaired) electrons. The first-order valence-electron chi connectivity index (χ1n) is 9.36. The standard InChI is InChI=1S/C22H24N2O5/c1-13(7-9-18(25)24-15-5-4-10-23-11-15)6-8-16-20(26)19-17(12-29-22(19)27)14(2)21(16)28-3/h4-6,10-11,26H,7-9,12H2,1-3H3,(H,24,25). The summed E-state index contributed by atoms with van der Waals surface area (Å²) in [6.07, 6.45) is 6.45. The highest BCUT2D eigenvalue weighted by Gasteiger charge is 2.31. The molecule has 3 rings (SSSR count). The number of phenolic OH excluding ortho intramolecular Hbond substituents is 1. The molecule has 1 aromatic carbocycles. The highest BCUT2D eigenvalue weighted by Crippen LogP contribution is 2.42. The van der Waals surface area contributed by atoms with Crippen molar-refractivity contribution in [3.05, 3.63) is 58.4 Å². The fraction of sp³-hybridized carbons (Fsp3) is 0.318. The monoisotopic (exact) mass is 396 g/mol. The fourth-order valence-corrected chi connectivity index (χ4v) is 3.38. The number of pyridine rings is 1. The minimum atomic E-state index is -0.516. The van der Waals surface area contributed by atoms with Crippen LogP contribution in [0.1, 0.15) is 46.8 Å². The van der Waals surface area contributed by atoms with E-state index in [2.05, 4.69) is 10.3 Å². The van der Waals surface area contributed by atoms with Gasteiger partial charge >= 0.3 is 5.97 Å². The maximum absolute atomic E-state index is 12.1. The first-order valence-corrected chi connectivity index (χ1v) is 9.36. The van der Waals surface area contributed by atoms with Crippen molar-refractivity contribution in [2.24, 2.45) is 0 Å². The van der Waals surface area contributed by atoms with Gasteiger partial charge in [-0.25, -0.2) is 4.79 Å². The number of nitrogens with one attached hydrogen (secondary N) is 1. The Hall–Kier alpha value is -3.35. The van der Waals surface area contributed by atoms with Crippen molar-refractivity contribution in [1.82, 2.24) is 4.98 Å². The first-order chi connectivity index (χ1) is 13.9. The quantitative estimate of drug-likeness (QED) is 0.547. The summed E-state index contributed by atoms with van der Waals surface area (Å²) >= 11 is 0. The van der Waals surface area contributed by atoms with Gasteiger partial charge in [-0.15, -0.1) is 0 Å². The molecule has 1 amide bonds. The van der Waals surface area contributed by atoms with Crippen LogP contribution in [0.25, 0.3) is 0 Å². The Morgan fingerprint density at radius 3 is 2.90 bits per heavy atom. The Balaban J connectivity index is 1.69. The average molecular weight is 396 g/mol. The number of esters is 1. The normalized spacial score (nSPS) is 13.1. The van der Waals surface area contributed by atoms with Crippen molar-refractivity contribution in [3.8, 4) is 11.5 Å². The van der Waals surface area contributed by atoms with Gasteiger partial charge in [0.2, 0.25) is 5.91 Å². The Labute approximate surface area is 169 Å². The molecule has 2 N–H and O–H groups in total. The van der Waals surface area contributed by atoms with Crippen molar-refractivity contribution in [2.45, 2.75) is 39.7 Å². The van der Waals surface area contributed by atoms with Crippen LogP contribution in [-0.4, -0.2) is 29.1 Å². The number of methoxy groups -OCH3 is 1. The third kappa shape index (κ3) is 4.39. The molecule has 0 atom stereocenters. The van der Waals surface area contributed by atoms with E-state index in [4.69, 9.17) is 9.47 Å². The molecule has 1 aromatic heterocycles. The van der Waals surface area contributed by atoms with E-state index in [1.807, 2.05) is 19.9 Å². The van der Waals surface area contributed by atoms with Crippen LogP contribution in [0.15, 0.2) is 36.2 Å². The lowest BCUT2D eigenvalue weighted by atomic mass is 9.94. The average Bonchev–Trinajstić information content (AvgIpc) is 3.11. The molecule has 0 bridgehead atoms. The van der Waals surface area contributed by atoms with Crippen LogP contribution >= 0.6 is 0 Å². The third-order valence-corrected chi connectivity index (χ3v) is 4.99. The zero-order valence-corrected chi connectivity index (χ0v) is 16.7. The molecule has 0 unspecified atom stereocenters. The second-order valence-corrected chi connectivity index (χ2v) is 6.96. The predicted octanol–water partition coefficient (Wildman–Crippen LogP) is 3.68. The summed E-state index contributed by atoms with van der Waals surface area (Å²) < 4.78 is 10.5. The van der Waals surface area contributed by atoms with Crippen molar-refractivity contribution in [1.29, 1.82) is 0 Å². The number of allylic oxidation sites excluding steroid dienone is 2. The van der Waals surface area contributed by atoms with E-state index < -0.39 is 5.97 Å². The number of benzene rings is 1. The highest BCUT2D eigenvalue weighted by molar-refractivity contribution is 5.98. The number of cyclic esters (lactones) is 1. The SMILES string of the molecule is COc1c(C)c2c(c(O)c1CC=C(C)CCC(=O)Nc1cccnc1)C(=O)OC2. The summed E-state index contributed by atoms with van der Waals surface area (Å²) in [5.41, 5.74) is 3.88. The van der Waals surface area contributed by atoms with Gasteiger partial charge in [0.05, 0.1) is 19.0 Å². The molecule has 0 aliphatic carbocycles. The van der Waals surface area contributed by atoms with E-state index in [-0.39, 0.29) is 23.8 Å². The molecule has 0 fully saturated rings. The van der Waals surface area contributed by atoms with Crippen molar-refractivity contribution >= 4 is 17.6 Å². The van der Waals surface area contributed by atoms with Gasteiger partial charge in [0.25, 0.3) is 0 Å². The lowest BCUT2D eigenvalue weighted by molar-refractivity contribution is -0.116. The number of ether oxygens (including phenoxy) is 2. The van der Waals surface area contributed by atoms with E-state index in [0.29, 0.717) is 41.8 Å². The Morgan fingerprint density at radius 2 is 2.21 bits per heavy atom. The van der Waals surface area contributed by atoms with Crippen LogP contribution in [0.3, 0.4) is 0 Å². The van der Waals surface area contributed by atoms with Crippen LogP contribution in [0, 0.1) is 6.92 Å². The zero-order chi connectivity index (χ0) is 21.0.